The number of ether oxygens (including phenoxy) is 1. The van der Waals surface area contributed by atoms with Crippen molar-refractivity contribution >= 4 is 38.9 Å². The van der Waals surface area contributed by atoms with Crippen LogP contribution in [0.4, 0.5) is 10.1 Å². The van der Waals surface area contributed by atoms with Crippen LogP contribution in [0.15, 0.2) is 41.3 Å². The van der Waals surface area contributed by atoms with Gasteiger partial charge in [-0.2, -0.15) is 0 Å². The van der Waals surface area contributed by atoms with Crippen LogP contribution in [0.2, 0.25) is 10.0 Å². The summed E-state index contributed by atoms with van der Waals surface area (Å²) in [4.78, 5) is -0.0890. The van der Waals surface area contributed by atoms with Gasteiger partial charge in [0.25, 0.3) is 10.0 Å². The Morgan fingerprint density at radius 2 is 1.71 bits per heavy atom. The van der Waals surface area contributed by atoms with Gasteiger partial charge in [-0.15, -0.1) is 0 Å². The Hall–Kier alpha value is -1.50. The number of rotatable bonds is 4. The maximum absolute atomic E-state index is 12.8. The van der Waals surface area contributed by atoms with E-state index in [2.05, 4.69) is 4.72 Å². The topological polar surface area (TPSA) is 55.4 Å². The average Bonchev–Trinajstić information content (AvgIpc) is 2.42. The lowest BCUT2D eigenvalue weighted by Crippen LogP contribution is -2.13. The molecule has 2 rings (SSSR count). The molecule has 0 aromatic heterocycles. The first-order valence-corrected chi connectivity index (χ1v) is 7.89. The van der Waals surface area contributed by atoms with Crippen LogP contribution < -0.4 is 9.46 Å². The maximum atomic E-state index is 12.8. The molecule has 0 aliphatic carbocycles. The first-order chi connectivity index (χ1) is 9.83. The fourth-order valence-corrected chi connectivity index (χ4v) is 3.22. The molecule has 21 heavy (non-hydrogen) atoms. The monoisotopic (exact) mass is 349 g/mol. The standard InChI is InChI=1S/C13H10Cl2FNO3S/c1-20-13-7-12(10(14)6-11(13)15)17-21(18,19)9-4-2-8(16)3-5-9/h2-7,17H,1H3. The summed E-state index contributed by atoms with van der Waals surface area (Å²) in [5.41, 5.74) is 0.113. The van der Waals surface area contributed by atoms with E-state index in [1.165, 1.54) is 19.2 Å². The smallest absolute Gasteiger partial charge is 0.261 e. The molecule has 0 saturated heterocycles. The number of sulfonamides is 1. The largest absolute Gasteiger partial charge is 0.495 e. The van der Waals surface area contributed by atoms with Crippen molar-refractivity contribution < 1.29 is 17.5 Å². The molecule has 8 heteroatoms. The molecule has 0 heterocycles. The van der Waals surface area contributed by atoms with Gasteiger partial charge in [-0.25, -0.2) is 12.8 Å². The van der Waals surface area contributed by atoms with Crippen LogP contribution in [-0.2, 0) is 10.0 Å². The van der Waals surface area contributed by atoms with E-state index in [0.717, 1.165) is 24.3 Å². The van der Waals surface area contributed by atoms with Gasteiger partial charge in [0, 0.05) is 6.07 Å². The van der Waals surface area contributed by atoms with Crippen LogP contribution in [0.25, 0.3) is 0 Å². The fourth-order valence-electron chi connectivity index (χ4n) is 1.58. The Balaban J connectivity index is 2.39. The molecule has 0 aliphatic rings. The summed E-state index contributed by atoms with van der Waals surface area (Å²) < 4.78 is 44.5. The molecule has 0 saturated carbocycles. The minimum atomic E-state index is -3.89. The van der Waals surface area contributed by atoms with Crippen molar-refractivity contribution in [2.45, 2.75) is 4.90 Å². The number of benzene rings is 2. The zero-order valence-electron chi connectivity index (χ0n) is 10.7. The lowest BCUT2D eigenvalue weighted by Gasteiger charge is -2.12. The quantitative estimate of drug-likeness (QED) is 0.909. The summed E-state index contributed by atoms with van der Waals surface area (Å²) in [5.74, 6) is -0.252. The minimum absolute atomic E-state index is 0.0890. The molecule has 1 N–H and O–H groups in total. The Bertz CT molecular complexity index is 764. The zero-order chi connectivity index (χ0) is 15.6. The van der Waals surface area contributed by atoms with Crippen molar-refractivity contribution in [2.75, 3.05) is 11.8 Å². The van der Waals surface area contributed by atoms with Gasteiger partial charge >= 0.3 is 0 Å². The van der Waals surface area contributed by atoms with Crippen LogP contribution in [0.5, 0.6) is 5.75 Å². The maximum Gasteiger partial charge on any atom is 0.261 e. The van der Waals surface area contributed by atoms with E-state index in [4.69, 9.17) is 27.9 Å². The van der Waals surface area contributed by atoms with Gasteiger partial charge in [-0.3, -0.25) is 4.72 Å². The highest BCUT2D eigenvalue weighted by Crippen LogP contribution is 2.35. The summed E-state index contributed by atoms with van der Waals surface area (Å²) in [5, 5.41) is 0.374. The molecular formula is C13H10Cl2FNO3S. The molecule has 112 valence electrons. The second-order valence-corrected chi connectivity index (χ2v) is 6.52. The Kier molecular flexibility index (Phi) is 4.61. The van der Waals surface area contributed by atoms with E-state index in [0.29, 0.717) is 0 Å². The van der Waals surface area contributed by atoms with Crippen molar-refractivity contribution in [1.29, 1.82) is 0 Å². The van der Waals surface area contributed by atoms with E-state index < -0.39 is 15.8 Å². The first-order valence-electron chi connectivity index (χ1n) is 5.65. The van der Waals surface area contributed by atoms with Gasteiger partial charge in [0.2, 0.25) is 0 Å². The molecule has 4 nitrogen and oxygen atoms in total. The van der Waals surface area contributed by atoms with Crippen LogP contribution in [0.3, 0.4) is 0 Å². The van der Waals surface area contributed by atoms with E-state index in [9.17, 15) is 12.8 Å². The molecule has 0 amide bonds. The number of anilines is 1. The zero-order valence-corrected chi connectivity index (χ0v) is 13.1. The molecule has 0 fully saturated rings. The minimum Gasteiger partial charge on any atom is -0.495 e. The van der Waals surface area contributed by atoms with Gasteiger partial charge in [0.15, 0.2) is 0 Å². The highest BCUT2D eigenvalue weighted by molar-refractivity contribution is 7.92. The number of hydrogen-bond donors (Lipinski definition) is 1. The number of halogens is 3. The normalized spacial score (nSPS) is 11.2. The summed E-state index contributed by atoms with van der Waals surface area (Å²) in [6.07, 6.45) is 0. The predicted octanol–water partition coefficient (Wildman–Crippen LogP) is 3.94. The average molecular weight is 350 g/mol. The van der Waals surface area contributed by atoms with Crippen molar-refractivity contribution in [2.24, 2.45) is 0 Å². The third-order valence-corrected chi connectivity index (χ3v) is 4.60. The van der Waals surface area contributed by atoms with Crippen molar-refractivity contribution in [3.05, 3.63) is 52.3 Å². The highest BCUT2D eigenvalue weighted by Gasteiger charge is 2.17. The molecular weight excluding hydrogens is 340 g/mol. The van der Waals surface area contributed by atoms with E-state index in [-0.39, 0.29) is 26.4 Å². The summed E-state index contributed by atoms with van der Waals surface area (Å²) in [6.45, 7) is 0. The third kappa shape index (κ3) is 3.58. The summed E-state index contributed by atoms with van der Waals surface area (Å²) in [7, 11) is -2.49. The van der Waals surface area contributed by atoms with Gasteiger partial charge in [0.05, 0.1) is 27.7 Å². The number of methoxy groups -OCH3 is 1. The second kappa shape index (κ2) is 6.09. The van der Waals surface area contributed by atoms with E-state index >= 15 is 0 Å². The summed E-state index contributed by atoms with van der Waals surface area (Å²) >= 11 is 11.8. The van der Waals surface area contributed by atoms with Crippen molar-refractivity contribution in [3.63, 3.8) is 0 Å². The molecule has 0 atom stereocenters. The molecule has 2 aromatic rings. The molecule has 0 bridgehead atoms. The van der Waals surface area contributed by atoms with Crippen LogP contribution in [0.1, 0.15) is 0 Å². The number of hydrogen-bond acceptors (Lipinski definition) is 3. The van der Waals surface area contributed by atoms with E-state index in [1.807, 2.05) is 0 Å². The van der Waals surface area contributed by atoms with Gasteiger partial charge < -0.3 is 4.74 Å². The van der Waals surface area contributed by atoms with Gasteiger partial charge in [-0.05, 0) is 30.3 Å². The first kappa shape index (κ1) is 15.9. The number of nitrogens with one attached hydrogen (secondary N) is 1. The Labute approximate surface area is 131 Å². The molecule has 0 unspecified atom stereocenters. The van der Waals surface area contributed by atoms with Crippen molar-refractivity contribution in [3.8, 4) is 5.75 Å². The highest BCUT2D eigenvalue weighted by atomic mass is 35.5. The van der Waals surface area contributed by atoms with Gasteiger partial charge in [-0.1, -0.05) is 23.2 Å². The second-order valence-electron chi connectivity index (χ2n) is 4.03. The fraction of sp³-hybridized carbons (Fsp3) is 0.0769. The van der Waals surface area contributed by atoms with Crippen molar-refractivity contribution in [1.82, 2.24) is 0 Å². The molecule has 0 aliphatic heterocycles. The van der Waals surface area contributed by atoms with E-state index in [1.54, 1.807) is 0 Å². The Morgan fingerprint density at radius 3 is 2.29 bits per heavy atom. The van der Waals surface area contributed by atoms with Crippen LogP contribution >= 0.6 is 23.2 Å². The Morgan fingerprint density at radius 1 is 1.10 bits per heavy atom. The molecule has 0 spiro atoms. The van der Waals surface area contributed by atoms with Crippen LogP contribution in [-0.4, -0.2) is 15.5 Å². The lowest BCUT2D eigenvalue weighted by atomic mass is 10.3. The lowest BCUT2D eigenvalue weighted by molar-refractivity contribution is 0.415. The predicted molar refractivity (Wildman–Crippen MR) is 80.2 cm³/mol. The SMILES string of the molecule is COc1cc(NS(=O)(=O)c2ccc(F)cc2)c(Cl)cc1Cl. The van der Waals surface area contributed by atoms with Crippen LogP contribution in [0, 0.1) is 5.82 Å². The van der Waals surface area contributed by atoms with Gasteiger partial charge in [0.1, 0.15) is 11.6 Å². The summed E-state index contributed by atoms with van der Waals surface area (Å²) in [6, 6.07) is 7.14. The molecule has 0 radical (unpaired) electrons. The third-order valence-electron chi connectivity index (χ3n) is 2.61. The molecule has 2 aromatic carbocycles.